The number of carbonyl (C=O) groups is 1. The lowest BCUT2D eigenvalue weighted by Crippen LogP contribution is -2.33. The van der Waals surface area contributed by atoms with Crippen LogP contribution in [0, 0.1) is 0 Å². The Bertz CT molecular complexity index is 758. The average molecular weight is 354 g/mol. The van der Waals surface area contributed by atoms with Gasteiger partial charge in [0, 0.05) is 0 Å². The topological polar surface area (TPSA) is 54.0 Å². The van der Waals surface area contributed by atoms with Crippen LogP contribution in [-0.4, -0.2) is 36.7 Å². The van der Waals surface area contributed by atoms with Gasteiger partial charge in [0.25, 0.3) is 0 Å². The quantitative estimate of drug-likeness (QED) is 0.787. The second kappa shape index (κ2) is 6.83. The fourth-order valence-corrected chi connectivity index (χ4v) is 3.54. The minimum Gasteiger partial charge on any atom is -0.459 e. The van der Waals surface area contributed by atoms with Crippen LogP contribution in [0.4, 0.5) is 0 Å². The summed E-state index contributed by atoms with van der Waals surface area (Å²) in [5.41, 5.74) is 1.55. The number of rotatable bonds is 4. The third-order valence-electron chi connectivity index (χ3n) is 4.67. The zero-order valence-corrected chi connectivity index (χ0v) is 14.8. The zero-order chi connectivity index (χ0) is 18.1. The number of fused-ring (bicyclic) bond motifs is 1. The normalized spacial score (nSPS) is 29.3. The molecule has 0 aromatic heterocycles. The molecular weight excluding hydrogens is 332 g/mol. The van der Waals surface area contributed by atoms with Crippen molar-refractivity contribution in [1.82, 2.24) is 0 Å². The summed E-state index contributed by atoms with van der Waals surface area (Å²) in [6, 6.07) is 18.8. The summed E-state index contributed by atoms with van der Waals surface area (Å²) in [5, 5.41) is 0. The Labute approximate surface area is 152 Å². The van der Waals surface area contributed by atoms with Gasteiger partial charge in [0.15, 0.2) is 5.79 Å². The van der Waals surface area contributed by atoms with E-state index in [4.69, 9.17) is 18.9 Å². The largest absolute Gasteiger partial charge is 0.459 e. The van der Waals surface area contributed by atoms with Gasteiger partial charge in [-0.25, -0.2) is 4.79 Å². The summed E-state index contributed by atoms with van der Waals surface area (Å²) >= 11 is 0. The molecule has 0 spiro atoms. The van der Waals surface area contributed by atoms with E-state index in [0.717, 1.165) is 5.56 Å². The molecule has 5 nitrogen and oxygen atoms in total. The monoisotopic (exact) mass is 354 g/mol. The molecule has 2 fully saturated rings. The van der Waals surface area contributed by atoms with Gasteiger partial charge in [0.05, 0.1) is 5.56 Å². The van der Waals surface area contributed by atoms with Crippen molar-refractivity contribution in [2.24, 2.45) is 0 Å². The number of hydrogen-bond donors (Lipinski definition) is 0. The smallest absolute Gasteiger partial charge is 0.338 e. The Morgan fingerprint density at radius 1 is 0.962 bits per heavy atom. The van der Waals surface area contributed by atoms with Crippen LogP contribution in [0.1, 0.15) is 35.9 Å². The highest BCUT2D eigenvalue weighted by Gasteiger charge is 2.55. The van der Waals surface area contributed by atoms with Crippen LogP contribution in [0.25, 0.3) is 0 Å². The number of ether oxygens (including phenoxy) is 4. The number of esters is 1. The maximum Gasteiger partial charge on any atom is 0.338 e. The van der Waals surface area contributed by atoms with Crippen molar-refractivity contribution in [1.29, 1.82) is 0 Å². The first kappa shape index (κ1) is 17.2. The molecule has 2 aromatic carbocycles. The van der Waals surface area contributed by atoms with Gasteiger partial charge in [-0.15, -0.1) is 0 Å². The molecule has 0 saturated carbocycles. The third-order valence-corrected chi connectivity index (χ3v) is 4.67. The molecule has 0 radical (unpaired) electrons. The van der Waals surface area contributed by atoms with Crippen LogP contribution in [0.3, 0.4) is 0 Å². The Balaban J connectivity index is 1.48. The standard InChI is InChI=1S/C21H22O5/c1-21(2)25-18-16(13-23-20(22)15-11-7-4-8-12-15)24-17(19(18)26-21)14-9-5-3-6-10-14/h3-12,16-19H,13H2,1-2H3/t16-,17-,18+,19-/m1/s1. The van der Waals surface area contributed by atoms with Crippen molar-refractivity contribution in [3.63, 3.8) is 0 Å². The van der Waals surface area contributed by atoms with E-state index >= 15 is 0 Å². The molecule has 2 aliphatic heterocycles. The van der Waals surface area contributed by atoms with Crippen molar-refractivity contribution in [3.05, 3.63) is 71.8 Å². The van der Waals surface area contributed by atoms with Gasteiger partial charge in [-0.05, 0) is 31.5 Å². The molecule has 2 aliphatic rings. The molecule has 0 unspecified atom stereocenters. The van der Waals surface area contributed by atoms with E-state index in [9.17, 15) is 4.79 Å². The molecule has 0 aliphatic carbocycles. The molecule has 0 amide bonds. The lowest BCUT2D eigenvalue weighted by Gasteiger charge is -2.24. The van der Waals surface area contributed by atoms with Gasteiger partial charge in [-0.1, -0.05) is 48.5 Å². The summed E-state index contributed by atoms with van der Waals surface area (Å²) in [6.45, 7) is 3.90. The first-order valence-corrected chi connectivity index (χ1v) is 8.82. The predicted molar refractivity (Wildman–Crippen MR) is 94.6 cm³/mol. The van der Waals surface area contributed by atoms with Crippen molar-refractivity contribution in [2.45, 2.75) is 44.1 Å². The van der Waals surface area contributed by atoms with Gasteiger partial charge in [0.2, 0.25) is 0 Å². The van der Waals surface area contributed by atoms with Gasteiger partial charge in [-0.3, -0.25) is 0 Å². The van der Waals surface area contributed by atoms with E-state index in [1.807, 2.05) is 50.2 Å². The highest BCUT2D eigenvalue weighted by atomic mass is 16.8. The first-order chi connectivity index (χ1) is 12.5. The Kier molecular flexibility index (Phi) is 4.53. The molecule has 4 atom stereocenters. The molecule has 0 N–H and O–H groups in total. The van der Waals surface area contributed by atoms with Crippen LogP contribution in [0.5, 0.6) is 0 Å². The van der Waals surface area contributed by atoms with Crippen molar-refractivity contribution < 1.29 is 23.7 Å². The molecule has 26 heavy (non-hydrogen) atoms. The maximum absolute atomic E-state index is 12.2. The highest BCUT2D eigenvalue weighted by molar-refractivity contribution is 5.89. The third kappa shape index (κ3) is 3.38. The minimum absolute atomic E-state index is 0.123. The summed E-state index contributed by atoms with van der Waals surface area (Å²) in [6.07, 6.45) is -1.13. The summed E-state index contributed by atoms with van der Waals surface area (Å²) in [4.78, 5) is 12.2. The van der Waals surface area contributed by atoms with Crippen LogP contribution >= 0.6 is 0 Å². The lowest BCUT2D eigenvalue weighted by molar-refractivity contribution is -0.191. The molecule has 2 heterocycles. The van der Waals surface area contributed by atoms with Crippen molar-refractivity contribution >= 4 is 5.97 Å². The summed E-state index contributed by atoms with van der Waals surface area (Å²) in [5.74, 6) is -1.06. The van der Waals surface area contributed by atoms with E-state index in [2.05, 4.69) is 0 Å². The van der Waals surface area contributed by atoms with Gasteiger partial charge < -0.3 is 18.9 Å². The fourth-order valence-electron chi connectivity index (χ4n) is 3.54. The van der Waals surface area contributed by atoms with E-state index < -0.39 is 5.79 Å². The van der Waals surface area contributed by atoms with E-state index in [-0.39, 0.29) is 37.0 Å². The molecule has 5 heteroatoms. The van der Waals surface area contributed by atoms with E-state index in [1.54, 1.807) is 24.3 Å². The van der Waals surface area contributed by atoms with Gasteiger partial charge in [-0.2, -0.15) is 0 Å². The van der Waals surface area contributed by atoms with Crippen LogP contribution in [0.2, 0.25) is 0 Å². The van der Waals surface area contributed by atoms with Gasteiger partial charge in [0.1, 0.15) is 31.0 Å². The number of benzene rings is 2. The van der Waals surface area contributed by atoms with Gasteiger partial charge >= 0.3 is 5.97 Å². The lowest BCUT2D eigenvalue weighted by atomic mass is 10.0. The average Bonchev–Trinajstić information content (AvgIpc) is 3.14. The highest BCUT2D eigenvalue weighted by Crippen LogP contribution is 2.45. The predicted octanol–water partition coefficient (Wildman–Crippen LogP) is 3.50. The summed E-state index contributed by atoms with van der Waals surface area (Å²) < 4.78 is 23.8. The molecule has 0 bridgehead atoms. The second-order valence-corrected chi connectivity index (χ2v) is 7.04. The minimum atomic E-state index is -0.687. The summed E-state index contributed by atoms with van der Waals surface area (Å²) in [7, 11) is 0. The molecule has 4 rings (SSSR count). The van der Waals surface area contributed by atoms with Crippen LogP contribution in [-0.2, 0) is 18.9 Å². The molecule has 2 aromatic rings. The SMILES string of the molecule is CC1(C)O[C@@H]2[C@H](O1)[C@@H](c1ccccc1)O[C@@H]2COC(=O)c1ccccc1. The molecule has 136 valence electrons. The second-order valence-electron chi connectivity index (χ2n) is 7.04. The Hall–Kier alpha value is -2.21. The zero-order valence-electron chi connectivity index (χ0n) is 14.8. The van der Waals surface area contributed by atoms with Crippen LogP contribution in [0.15, 0.2) is 60.7 Å². The van der Waals surface area contributed by atoms with Crippen molar-refractivity contribution in [3.8, 4) is 0 Å². The Morgan fingerprint density at radius 2 is 1.58 bits per heavy atom. The van der Waals surface area contributed by atoms with E-state index in [0.29, 0.717) is 5.56 Å². The van der Waals surface area contributed by atoms with Crippen LogP contribution < -0.4 is 0 Å². The van der Waals surface area contributed by atoms with E-state index in [1.165, 1.54) is 0 Å². The first-order valence-electron chi connectivity index (χ1n) is 8.82. The number of hydrogen-bond acceptors (Lipinski definition) is 5. The maximum atomic E-state index is 12.2. The fraction of sp³-hybridized carbons (Fsp3) is 0.381. The molecular formula is C21H22O5. The van der Waals surface area contributed by atoms with Crippen molar-refractivity contribution in [2.75, 3.05) is 6.61 Å². The number of carbonyl (C=O) groups excluding carboxylic acids is 1. The Morgan fingerprint density at radius 3 is 2.27 bits per heavy atom. The molecule has 2 saturated heterocycles.